The highest BCUT2D eigenvalue weighted by molar-refractivity contribution is 6.00. The number of hydrogen-bond acceptors (Lipinski definition) is 2. The van der Waals surface area contributed by atoms with E-state index in [1.165, 1.54) is 4.90 Å². The molecule has 21 heavy (non-hydrogen) atoms. The SMILES string of the molecule is C#Cc1cccc2c1CCN2C(=O)[C@@H]1CCCN1C(=O)O. The zero-order chi connectivity index (χ0) is 15.0. The molecular weight excluding hydrogens is 268 g/mol. The molecule has 1 fully saturated rings. The van der Waals surface area contributed by atoms with E-state index in [0.717, 1.165) is 29.7 Å². The zero-order valence-electron chi connectivity index (χ0n) is 11.6. The Morgan fingerprint density at radius 2 is 2.14 bits per heavy atom. The molecule has 0 radical (unpaired) electrons. The topological polar surface area (TPSA) is 60.9 Å². The average Bonchev–Trinajstić information content (AvgIpc) is 3.12. The summed E-state index contributed by atoms with van der Waals surface area (Å²) in [6, 6.07) is 5.01. The Bertz CT molecular complexity index is 647. The molecule has 0 unspecified atom stereocenters. The Balaban J connectivity index is 1.89. The lowest BCUT2D eigenvalue weighted by Gasteiger charge is -2.26. The van der Waals surface area contributed by atoms with Crippen molar-refractivity contribution >= 4 is 17.7 Å². The van der Waals surface area contributed by atoms with Crippen LogP contribution in [-0.2, 0) is 11.2 Å². The van der Waals surface area contributed by atoms with Gasteiger partial charge in [-0.3, -0.25) is 9.69 Å². The van der Waals surface area contributed by atoms with E-state index in [4.69, 9.17) is 6.42 Å². The standard InChI is InChI=1S/C16H16N2O3/c1-2-11-5-3-6-13-12(11)8-10-17(13)15(19)14-7-4-9-18(14)16(20)21/h1,3,5-6,14H,4,7-10H2,(H,20,21)/t14-/m0/s1. The molecule has 0 aromatic heterocycles. The van der Waals surface area contributed by atoms with Crippen molar-refractivity contribution < 1.29 is 14.7 Å². The highest BCUT2D eigenvalue weighted by Crippen LogP contribution is 2.32. The molecule has 1 atom stereocenters. The van der Waals surface area contributed by atoms with Gasteiger partial charge in [0.05, 0.1) is 0 Å². The van der Waals surface area contributed by atoms with Crippen LogP contribution in [0.3, 0.4) is 0 Å². The number of terminal acetylenes is 1. The Labute approximate surface area is 123 Å². The Hall–Kier alpha value is -2.48. The van der Waals surface area contributed by atoms with Gasteiger partial charge in [0, 0.05) is 24.3 Å². The maximum absolute atomic E-state index is 12.7. The second-order valence-corrected chi connectivity index (χ2v) is 5.32. The van der Waals surface area contributed by atoms with Crippen LogP contribution in [0.25, 0.3) is 0 Å². The van der Waals surface area contributed by atoms with Crippen LogP contribution in [0.5, 0.6) is 0 Å². The van der Waals surface area contributed by atoms with Gasteiger partial charge in [-0.2, -0.15) is 0 Å². The molecule has 1 aromatic rings. The molecule has 3 rings (SSSR count). The highest BCUT2D eigenvalue weighted by Gasteiger charge is 2.38. The van der Waals surface area contributed by atoms with Gasteiger partial charge in [0.1, 0.15) is 6.04 Å². The minimum absolute atomic E-state index is 0.136. The van der Waals surface area contributed by atoms with Gasteiger partial charge in [-0.25, -0.2) is 4.79 Å². The van der Waals surface area contributed by atoms with E-state index in [9.17, 15) is 14.7 Å². The summed E-state index contributed by atoms with van der Waals surface area (Å²) >= 11 is 0. The molecule has 2 aliphatic rings. The first kappa shape index (κ1) is 13.5. The van der Waals surface area contributed by atoms with Gasteiger partial charge in [0.15, 0.2) is 0 Å². The van der Waals surface area contributed by atoms with Gasteiger partial charge >= 0.3 is 6.09 Å². The molecule has 0 spiro atoms. The van der Waals surface area contributed by atoms with Gasteiger partial charge in [0.25, 0.3) is 0 Å². The summed E-state index contributed by atoms with van der Waals surface area (Å²) in [6.45, 7) is 0.994. The summed E-state index contributed by atoms with van der Waals surface area (Å²) in [5, 5.41) is 9.18. The zero-order valence-corrected chi connectivity index (χ0v) is 11.6. The number of amides is 2. The Morgan fingerprint density at radius 3 is 2.86 bits per heavy atom. The molecule has 2 amide bonds. The van der Waals surface area contributed by atoms with Crippen LogP contribution in [0.2, 0.25) is 0 Å². The normalized spacial score (nSPS) is 20.2. The molecule has 108 valence electrons. The number of carboxylic acid groups (broad SMARTS) is 1. The van der Waals surface area contributed by atoms with Gasteiger partial charge in [0.2, 0.25) is 5.91 Å². The van der Waals surface area contributed by atoms with Crippen molar-refractivity contribution in [1.29, 1.82) is 0 Å². The van der Waals surface area contributed by atoms with Gasteiger partial charge in [-0.05, 0) is 37.0 Å². The molecule has 1 N–H and O–H groups in total. The van der Waals surface area contributed by atoms with E-state index >= 15 is 0 Å². The predicted molar refractivity (Wildman–Crippen MR) is 78.2 cm³/mol. The summed E-state index contributed by atoms with van der Waals surface area (Å²) in [5.74, 6) is 2.50. The third-order valence-corrected chi connectivity index (χ3v) is 4.23. The number of fused-ring (bicyclic) bond motifs is 1. The maximum Gasteiger partial charge on any atom is 0.407 e. The fourth-order valence-corrected chi connectivity index (χ4v) is 3.23. The van der Waals surface area contributed by atoms with Crippen LogP contribution < -0.4 is 4.90 Å². The number of anilines is 1. The van der Waals surface area contributed by atoms with Crippen LogP contribution in [0.4, 0.5) is 10.5 Å². The largest absolute Gasteiger partial charge is 0.465 e. The van der Waals surface area contributed by atoms with Crippen molar-refractivity contribution in [2.45, 2.75) is 25.3 Å². The molecule has 2 heterocycles. The smallest absolute Gasteiger partial charge is 0.407 e. The number of benzene rings is 1. The highest BCUT2D eigenvalue weighted by atomic mass is 16.4. The average molecular weight is 284 g/mol. The van der Waals surface area contributed by atoms with Gasteiger partial charge in [-0.1, -0.05) is 12.0 Å². The van der Waals surface area contributed by atoms with Crippen molar-refractivity contribution in [3.63, 3.8) is 0 Å². The molecule has 5 nitrogen and oxygen atoms in total. The number of nitrogens with zero attached hydrogens (tertiary/aromatic N) is 2. The second kappa shape index (κ2) is 5.13. The van der Waals surface area contributed by atoms with Crippen LogP contribution in [0.1, 0.15) is 24.0 Å². The number of likely N-dealkylation sites (tertiary alicyclic amines) is 1. The molecule has 0 saturated carbocycles. The predicted octanol–water partition coefficient (Wildman–Crippen LogP) is 1.70. The van der Waals surface area contributed by atoms with Gasteiger partial charge < -0.3 is 10.0 Å². The molecule has 5 heteroatoms. The van der Waals surface area contributed by atoms with Crippen LogP contribution >= 0.6 is 0 Å². The Kier molecular flexibility index (Phi) is 3.30. The number of carbonyl (C=O) groups is 2. The van der Waals surface area contributed by atoms with Crippen molar-refractivity contribution in [1.82, 2.24) is 4.90 Å². The third-order valence-electron chi connectivity index (χ3n) is 4.23. The van der Waals surface area contributed by atoms with E-state index < -0.39 is 12.1 Å². The Morgan fingerprint density at radius 1 is 1.33 bits per heavy atom. The summed E-state index contributed by atoms with van der Waals surface area (Å²) in [6.07, 6.45) is 6.51. The molecule has 1 saturated heterocycles. The second-order valence-electron chi connectivity index (χ2n) is 5.32. The lowest BCUT2D eigenvalue weighted by atomic mass is 10.1. The summed E-state index contributed by atoms with van der Waals surface area (Å²) in [4.78, 5) is 26.8. The van der Waals surface area contributed by atoms with Crippen LogP contribution in [0.15, 0.2) is 18.2 Å². The minimum Gasteiger partial charge on any atom is -0.465 e. The van der Waals surface area contributed by atoms with E-state index in [-0.39, 0.29) is 5.91 Å². The van der Waals surface area contributed by atoms with E-state index in [1.807, 2.05) is 18.2 Å². The van der Waals surface area contributed by atoms with Crippen molar-refractivity contribution in [3.05, 3.63) is 29.3 Å². The minimum atomic E-state index is -1.03. The van der Waals surface area contributed by atoms with E-state index in [2.05, 4.69) is 5.92 Å². The number of carbonyl (C=O) groups excluding carboxylic acids is 1. The lowest BCUT2D eigenvalue weighted by molar-refractivity contribution is -0.122. The molecule has 2 aliphatic heterocycles. The molecule has 0 aliphatic carbocycles. The molecule has 1 aromatic carbocycles. The van der Waals surface area contributed by atoms with E-state index in [1.54, 1.807) is 4.90 Å². The summed E-state index contributed by atoms with van der Waals surface area (Å²) < 4.78 is 0. The number of hydrogen-bond donors (Lipinski definition) is 1. The summed E-state index contributed by atoms with van der Waals surface area (Å²) in [7, 11) is 0. The quantitative estimate of drug-likeness (QED) is 0.798. The monoisotopic (exact) mass is 284 g/mol. The van der Waals surface area contributed by atoms with Crippen LogP contribution in [0, 0.1) is 12.3 Å². The first-order chi connectivity index (χ1) is 10.1. The molecule has 0 bridgehead atoms. The fraction of sp³-hybridized carbons (Fsp3) is 0.375. The third kappa shape index (κ3) is 2.13. The van der Waals surface area contributed by atoms with Crippen molar-refractivity contribution in [3.8, 4) is 12.3 Å². The number of rotatable bonds is 1. The van der Waals surface area contributed by atoms with Crippen molar-refractivity contribution in [2.24, 2.45) is 0 Å². The first-order valence-electron chi connectivity index (χ1n) is 7.03. The summed E-state index contributed by atoms with van der Waals surface area (Å²) in [5.41, 5.74) is 2.64. The lowest BCUT2D eigenvalue weighted by Crippen LogP contribution is -2.47. The van der Waals surface area contributed by atoms with Gasteiger partial charge in [-0.15, -0.1) is 6.42 Å². The maximum atomic E-state index is 12.7. The fourth-order valence-electron chi connectivity index (χ4n) is 3.23. The van der Waals surface area contributed by atoms with Crippen molar-refractivity contribution in [2.75, 3.05) is 18.0 Å². The van der Waals surface area contributed by atoms with Crippen LogP contribution in [-0.4, -0.2) is 41.1 Å². The van der Waals surface area contributed by atoms with E-state index in [0.29, 0.717) is 19.5 Å². The first-order valence-corrected chi connectivity index (χ1v) is 7.03. The molecular formula is C16H16N2O3.